The minimum Gasteiger partial charge on any atom is -0.384 e. The molecule has 2 heterocycles. The van der Waals surface area contributed by atoms with Crippen LogP contribution in [0.2, 0.25) is 0 Å². The van der Waals surface area contributed by atoms with Crippen molar-refractivity contribution in [2.45, 2.75) is 50.8 Å². The van der Waals surface area contributed by atoms with Gasteiger partial charge in [-0.15, -0.1) is 0 Å². The van der Waals surface area contributed by atoms with E-state index in [-0.39, 0.29) is 11.9 Å². The van der Waals surface area contributed by atoms with Gasteiger partial charge in [-0.3, -0.25) is 19.4 Å². The number of carbonyl (C=O) groups is 1. The predicted octanol–water partition coefficient (Wildman–Crippen LogP) is 1.32. The van der Waals surface area contributed by atoms with Crippen molar-refractivity contribution in [1.82, 2.24) is 25.1 Å². The fourth-order valence-corrected chi connectivity index (χ4v) is 2.92. The SMILES string of the molecule is C[C@H](O)C(=O)NC1CCC(n2cc(-c3cnccn3)cn2)CC1. The number of rotatable bonds is 4. The van der Waals surface area contributed by atoms with Crippen molar-refractivity contribution >= 4 is 5.91 Å². The smallest absolute Gasteiger partial charge is 0.248 e. The molecule has 1 aliphatic carbocycles. The molecule has 2 N–H and O–H groups in total. The number of carbonyl (C=O) groups excluding carboxylic acids is 1. The second kappa shape index (κ2) is 6.87. The number of hydrogen-bond donors (Lipinski definition) is 2. The van der Waals surface area contributed by atoms with Crippen LogP contribution in [-0.4, -0.2) is 42.9 Å². The Labute approximate surface area is 134 Å². The van der Waals surface area contributed by atoms with Crippen molar-refractivity contribution in [3.8, 4) is 11.3 Å². The molecule has 2 aromatic heterocycles. The fourth-order valence-electron chi connectivity index (χ4n) is 2.92. The number of aliphatic hydroxyl groups is 1. The van der Waals surface area contributed by atoms with Gasteiger partial charge in [0.25, 0.3) is 0 Å². The number of aromatic nitrogens is 4. The molecule has 1 amide bonds. The number of aliphatic hydroxyl groups excluding tert-OH is 1. The molecule has 23 heavy (non-hydrogen) atoms. The van der Waals surface area contributed by atoms with Crippen LogP contribution in [0.15, 0.2) is 31.0 Å². The van der Waals surface area contributed by atoms with Crippen LogP contribution >= 0.6 is 0 Å². The minimum absolute atomic E-state index is 0.142. The summed E-state index contributed by atoms with van der Waals surface area (Å²) in [6, 6.07) is 0.475. The van der Waals surface area contributed by atoms with Crippen molar-refractivity contribution in [1.29, 1.82) is 0 Å². The van der Waals surface area contributed by atoms with Gasteiger partial charge in [-0.2, -0.15) is 5.10 Å². The Hall–Kier alpha value is -2.28. The first-order valence-corrected chi connectivity index (χ1v) is 7.92. The van der Waals surface area contributed by atoms with Gasteiger partial charge < -0.3 is 10.4 Å². The molecular formula is C16H21N5O2. The zero-order chi connectivity index (χ0) is 16.2. The Morgan fingerprint density at radius 3 is 2.74 bits per heavy atom. The third-order valence-electron chi connectivity index (χ3n) is 4.26. The van der Waals surface area contributed by atoms with Crippen LogP contribution in [0.3, 0.4) is 0 Å². The fraction of sp³-hybridized carbons (Fsp3) is 0.500. The summed E-state index contributed by atoms with van der Waals surface area (Å²) in [5, 5.41) is 16.6. The Morgan fingerprint density at radius 1 is 1.30 bits per heavy atom. The van der Waals surface area contributed by atoms with Crippen LogP contribution < -0.4 is 5.32 Å². The molecule has 2 aromatic rings. The summed E-state index contributed by atoms with van der Waals surface area (Å²) in [6.45, 7) is 1.48. The van der Waals surface area contributed by atoms with E-state index >= 15 is 0 Å². The molecule has 1 atom stereocenters. The largest absolute Gasteiger partial charge is 0.384 e. The van der Waals surface area contributed by atoms with Gasteiger partial charge >= 0.3 is 0 Å². The molecule has 7 heteroatoms. The van der Waals surface area contributed by atoms with Crippen molar-refractivity contribution < 1.29 is 9.90 Å². The highest BCUT2D eigenvalue weighted by Gasteiger charge is 2.25. The first-order chi connectivity index (χ1) is 11.1. The van der Waals surface area contributed by atoms with E-state index in [1.165, 1.54) is 6.92 Å². The molecule has 0 radical (unpaired) electrons. The van der Waals surface area contributed by atoms with Crippen LogP contribution in [0.25, 0.3) is 11.3 Å². The molecule has 122 valence electrons. The van der Waals surface area contributed by atoms with E-state index in [1.807, 2.05) is 17.1 Å². The van der Waals surface area contributed by atoms with Gasteiger partial charge in [0.15, 0.2) is 0 Å². The number of nitrogens with one attached hydrogen (secondary N) is 1. The van der Waals surface area contributed by atoms with Gasteiger partial charge in [0.2, 0.25) is 5.91 Å². The van der Waals surface area contributed by atoms with E-state index in [9.17, 15) is 9.90 Å². The lowest BCUT2D eigenvalue weighted by Crippen LogP contribution is -2.42. The van der Waals surface area contributed by atoms with Crippen molar-refractivity contribution in [2.75, 3.05) is 0 Å². The van der Waals surface area contributed by atoms with E-state index in [2.05, 4.69) is 20.4 Å². The summed E-state index contributed by atoms with van der Waals surface area (Å²) in [4.78, 5) is 19.9. The van der Waals surface area contributed by atoms with Crippen molar-refractivity contribution in [2.24, 2.45) is 0 Å². The second-order valence-electron chi connectivity index (χ2n) is 5.99. The first kappa shape index (κ1) is 15.6. The first-order valence-electron chi connectivity index (χ1n) is 7.92. The van der Waals surface area contributed by atoms with E-state index < -0.39 is 6.10 Å². The van der Waals surface area contributed by atoms with Crippen molar-refractivity contribution in [3.05, 3.63) is 31.0 Å². The van der Waals surface area contributed by atoms with Crippen molar-refractivity contribution in [3.63, 3.8) is 0 Å². The maximum absolute atomic E-state index is 11.5. The number of hydrogen-bond acceptors (Lipinski definition) is 5. The maximum atomic E-state index is 11.5. The topological polar surface area (TPSA) is 92.9 Å². The zero-order valence-electron chi connectivity index (χ0n) is 13.1. The van der Waals surface area contributed by atoms with Gasteiger partial charge in [-0.25, -0.2) is 0 Å². The minimum atomic E-state index is -0.951. The van der Waals surface area contributed by atoms with Gasteiger partial charge in [-0.05, 0) is 32.6 Å². The second-order valence-corrected chi connectivity index (χ2v) is 5.99. The Balaban J connectivity index is 1.58. The molecule has 7 nitrogen and oxygen atoms in total. The normalized spacial score (nSPS) is 22.5. The molecule has 1 aliphatic rings. The molecule has 0 bridgehead atoms. The monoisotopic (exact) mass is 315 g/mol. The number of amides is 1. The maximum Gasteiger partial charge on any atom is 0.248 e. The van der Waals surface area contributed by atoms with E-state index in [0.717, 1.165) is 36.9 Å². The van der Waals surface area contributed by atoms with Crippen LogP contribution in [0.5, 0.6) is 0 Å². The highest BCUT2D eigenvalue weighted by Crippen LogP contribution is 2.29. The molecule has 1 fully saturated rings. The predicted molar refractivity (Wildman–Crippen MR) is 84.4 cm³/mol. The Bertz CT molecular complexity index is 648. The third-order valence-corrected chi connectivity index (χ3v) is 4.26. The highest BCUT2D eigenvalue weighted by molar-refractivity contribution is 5.80. The van der Waals surface area contributed by atoms with Crippen LogP contribution in [-0.2, 0) is 4.79 Å². The molecule has 0 saturated heterocycles. The third kappa shape index (κ3) is 3.73. The summed E-state index contributed by atoms with van der Waals surface area (Å²) in [5.41, 5.74) is 1.78. The Kier molecular flexibility index (Phi) is 4.66. The summed E-state index contributed by atoms with van der Waals surface area (Å²) in [7, 11) is 0. The van der Waals surface area contributed by atoms with E-state index in [4.69, 9.17) is 0 Å². The standard InChI is InChI=1S/C16H21N5O2/c1-11(22)16(23)20-13-2-4-14(5-3-13)21-10-12(8-19-21)15-9-17-6-7-18-15/h6-11,13-14,22H,2-5H2,1H3,(H,20,23)/t11-,13?,14?/m0/s1. The van der Waals surface area contributed by atoms with E-state index in [0.29, 0.717) is 6.04 Å². The summed E-state index contributed by atoms with van der Waals surface area (Å²) >= 11 is 0. The number of nitrogens with zero attached hydrogens (tertiary/aromatic N) is 4. The summed E-state index contributed by atoms with van der Waals surface area (Å²) < 4.78 is 1.98. The molecule has 0 spiro atoms. The lowest BCUT2D eigenvalue weighted by molar-refractivity contribution is -0.129. The van der Waals surface area contributed by atoms with Gasteiger partial charge in [-0.1, -0.05) is 0 Å². The average Bonchev–Trinajstić information content (AvgIpc) is 3.06. The zero-order valence-corrected chi connectivity index (χ0v) is 13.1. The van der Waals surface area contributed by atoms with Gasteiger partial charge in [0.05, 0.1) is 24.1 Å². The Morgan fingerprint density at radius 2 is 2.09 bits per heavy atom. The molecule has 3 rings (SSSR count). The van der Waals surface area contributed by atoms with E-state index in [1.54, 1.807) is 18.6 Å². The lowest BCUT2D eigenvalue weighted by atomic mass is 9.91. The van der Waals surface area contributed by atoms with Crippen LogP contribution in [0, 0.1) is 0 Å². The van der Waals surface area contributed by atoms with Gasteiger partial charge in [0, 0.05) is 30.2 Å². The molecule has 1 saturated carbocycles. The quantitative estimate of drug-likeness (QED) is 0.887. The molecule has 0 unspecified atom stereocenters. The van der Waals surface area contributed by atoms with Gasteiger partial charge in [0.1, 0.15) is 6.10 Å². The summed E-state index contributed by atoms with van der Waals surface area (Å²) in [5.74, 6) is -0.294. The van der Waals surface area contributed by atoms with Crippen LogP contribution in [0.4, 0.5) is 0 Å². The van der Waals surface area contributed by atoms with Crippen LogP contribution in [0.1, 0.15) is 38.6 Å². The average molecular weight is 315 g/mol. The molecular weight excluding hydrogens is 294 g/mol. The molecule has 0 aliphatic heterocycles. The molecule has 0 aromatic carbocycles. The highest BCUT2D eigenvalue weighted by atomic mass is 16.3. The lowest BCUT2D eigenvalue weighted by Gasteiger charge is -2.29. The summed E-state index contributed by atoms with van der Waals surface area (Å²) in [6.07, 6.45) is 11.6.